The van der Waals surface area contributed by atoms with E-state index in [-0.39, 0.29) is 10.8 Å². The second kappa shape index (κ2) is 9.09. The van der Waals surface area contributed by atoms with Crippen molar-refractivity contribution in [1.82, 2.24) is 0 Å². The zero-order valence-electron chi connectivity index (χ0n) is 18.5. The monoisotopic (exact) mass is 502 g/mol. The highest BCUT2D eigenvalue weighted by molar-refractivity contribution is 6.32. The van der Waals surface area contributed by atoms with Crippen molar-refractivity contribution in [2.45, 2.75) is 62.9 Å². The molecule has 1 fully saturated rings. The molecule has 0 saturated carbocycles. The van der Waals surface area contributed by atoms with Gasteiger partial charge in [0.05, 0.1) is 9.95 Å². The summed E-state index contributed by atoms with van der Waals surface area (Å²) >= 11 is 6.00. The maximum absolute atomic E-state index is 12.7. The van der Waals surface area contributed by atoms with E-state index in [0.29, 0.717) is 13.8 Å². The molecular weight excluding hydrogens is 480 g/mol. The summed E-state index contributed by atoms with van der Waals surface area (Å²) in [5.74, 6) is -5.68. The Hall–Kier alpha value is -2.81. The smallest absolute Gasteiger partial charge is 0.271 e. The SMILES string of the molecule is CC(=O)[C@]1(O)[C@@](O)(C(C)=O)[C@@H](C(=O)C(C)O)O[C@@H](Oc2ccc([N+](=O)[O-])cc2Cl)[C@@]1(N)C(C)=O. The van der Waals surface area contributed by atoms with Gasteiger partial charge in [0.1, 0.15) is 11.9 Å². The molecule has 0 spiro atoms. The van der Waals surface area contributed by atoms with Crippen molar-refractivity contribution >= 4 is 40.4 Å². The number of carbonyl (C=O) groups excluding carboxylic acids is 4. The van der Waals surface area contributed by atoms with Gasteiger partial charge < -0.3 is 30.5 Å². The van der Waals surface area contributed by atoms with Crippen LogP contribution in [0.4, 0.5) is 5.69 Å². The number of hydrogen-bond acceptors (Lipinski definition) is 12. The average Bonchev–Trinajstić information content (AvgIpc) is 2.73. The lowest BCUT2D eigenvalue weighted by Gasteiger charge is -2.57. The summed E-state index contributed by atoms with van der Waals surface area (Å²) in [5, 5.41) is 43.1. The molecular formula is C20H23ClN2O11. The molecule has 1 heterocycles. The first-order chi connectivity index (χ1) is 15.5. The van der Waals surface area contributed by atoms with Gasteiger partial charge in [0.15, 0.2) is 46.0 Å². The standard InChI is InChI=1S/C20H23ClN2O11/c1-8(24)15(28)16-19(29,10(3)26)20(30,11(4)27)18(22,9(2)25)17(34-16)33-14-6-5-12(23(31)32)7-13(14)21/h5-8,16-17,24,29-30H,22H2,1-4H3/t8?,16-,17-,18+,19-,20-/m1/s1. The molecule has 1 saturated heterocycles. The van der Waals surface area contributed by atoms with Crippen LogP contribution in [-0.2, 0) is 23.9 Å². The van der Waals surface area contributed by atoms with Crippen molar-refractivity contribution in [1.29, 1.82) is 0 Å². The molecule has 1 aromatic carbocycles. The molecule has 2 rings (SSSR count). The highest BCUT2D eigenvalue weighted by atomic mass is 35.5. The van der Waals surface area contributed by atoms with E-state index >= 15 is 0 Å². The minimum absolute atomic E-state index is 0.374. The minimum atomic E-state index is -3.48. The van der Waals surface area contributed by atoms with Crippen LogP contribution in [0.3, 0.4) is 0 Å². The number of carbonyl (C=O) groups is 4. The van der Waals surface area contributed by atoms with Crippen LogP contribution in [0.2, 0.25) is 5.02 Å². The summed E-state index contributed by atoms with van der Waals surface area (Å²) in [7, 11) is 0. The van der Waals surface area contributed by atoms with E-state index < -0.39 is 69.0 Å². The summed E-state index contributed by atoms with van der Waals surface area (Å²) in [6.07, 6.45) is -6.53. The Morgan fingerprint density at radius 2 is 1.74 bits per heavy atom. The van der Waals surface area contributed by atoms with Crippen molar-refractivity contribution in [3.8, 4) is 5.75 Å². The fraction of sp³-hybridized carbons (Fsp3) is 0.500. The Balaban J connectivity index is 2.82. The number of nitro benzene ring substituents is 1. The largest absolute Gasteiger partial charge is 0.461 e. The average molecular weight is 503 g/mol. The van der Waals surface area contributed by atoms with Crippen LogP contribution in [0.5, 0.6) is 5.75 Å². The van der Waals surface area contributed by atoms with Crippen LogP contribution in [0.1, 0.15) is 27.7 Å². The Labute approximate surface area is 197 Å². The van der Waals surface area contributed by atoms with E-state index in [9.17, 15) is 44.6 Å². The third-order valence-electron chi connectivity index (χ3n) is 5.82. The Morgan fingerprint density at radius 1 is 1.18 bits per heavy atom. The highest BCUT2D eigenvalue weighted by Crippen LogP contribution is 2.47. The van der Waals surface area contributed by atoms with Gasteiger partial charge >= 0.3 is 0 Å². The maximum Gasteiger partial charge on any atom is 0.271 e. The third-order valence-corrected chi connectivity index (χ3v) is 6.12. The van der Waals surface area contributed by atoms with E-state index in [4.69, 9.17) is 26.8 Å². The molecule has 6 atom stereocenters. The summed E-state index contributed by atoms with van der Waals surface area (Å²) in [5.41, 5.74) is -4.18. The van der Waals surface area contributed by atoms with Gasteiger partial charge in [-0.2, -0.15) is 0 Å². The second-order valence-corrected chi connectivity index (χ2v) is 8.34. The molecule has 0 radical (unpaired) electrons. The van der Waals surface area contributed by atoms with Crippen LogP contribution < -0.4 is 10.5 Å². The summed E-state index contributed by atoms with van der Waals surface area (Å²) in [6.45, 7) is 3.21. The van der Waals surface area contributed by atoms with Crippen LogP contribution >= 0.6 is 11.6 Å². The summed E-state index contributed by atoms with van der Waals surface area (Å²) in [4.78, 5) is 60.9. The minimum Gasteiger partial charge on any atom is -0.461 e. The summed E-state index contributed by atoms with van der Waals surface area (Å²) in [6, 6.07) is 2.85. The zero-order chi connectivity index (χ0) is 26.4. The number of nitro groups is 1. The molecule has 1 aliphatic rings. The number of ketones is 4. The molecule has 34 heavy (non-hydrogen) atoms. The topological polar surface area (TPSA) is 217 Å². The predicted octanol–water partition coefficient (Wildman–Crippen LogP) is -0.771. The maximum atomic E-state index is 12.7. The number of nitrogens with zero attached hydrogens (tertiary/aromatic N) is 1. The number of ether oxygens (including phenoxy) is 2. The van der Waals surface area contributed by atoms with Gasteiger partial charge in [0, 0.05) is 12.1 Å². The second-order valence-electron chi connectivity index (χ2n) is 7.93. The predicted molar refractivity (Wildman–Crippen MR) is 113 cm³/mol. The lowest BCUT2D eigenvalue weighted by atomic mass is 9.59. The van der Waals surface area contributed by atoms with Crippen molar-refractivity contribution in [3.63, 3.8) is 0 Å². The Morgan fingerprint density at radius 3 is 2.12 bits per heavy atom. The number of rotatable bonds is 8. The number of aliphatic hydroxyl groups excluding tert-OH is 1. The van der Waals surface area contributed by atoms with Crippen molar-refractivity contribution in [3.05, 3.63) is 33.3 Å². The first-order valence-corrected chi connectivity index (χ1v) is 10.1. The van der Waals surface area contributed by atoms with E-state index in [0.717, 1.165) is 32.0 Å². The molecule has 1 aromatic rings. The van der Waals surface area contributed by atoms with Gasteiger partial charge in [-0.1, -0.05) is 11.6 Å². The first-order valence-electron chi connectivity index (χ1n) is 9.72. The van der Waals surface area contributed by atoms with Crippen LogP contribution in [-0.4, -0.2) is 78.6 Å². The number of Topliss-reactive ketones (excluding diaryl/α,β-unsaturated/α-hetero) is 4. The van der Waals surface area contributed by atoms with Crippen LogP contribution in [0, 0.1) is 10.1 Å². The molecule has 0 aromatic heterocycles. The number of hydrogen-bond donors (Lipinski definition) is 4. The molecule has 186 valence electrons. The molecule has 1 unspecified atom stereocenters. The molecule has 0 aliphatic carbocycles. The Kier molecular flexibility index (Phi) is 7.34. The van der Waals surface area contributed by atoms with E-state index in [1.807, 2.05) is 0 Å². The molecule has 0 amide bonds. The number of nitrogens with two attached hydrogens (primary N) is 1. The van der Waals surface area contributed by atoms with Gasteiger partial charge in [-0.15, -0.1) is 0 Å². The zero-order valence-corrected chi connectivity index (χ0v) is 19.2. The lowest BCUT2D eigenvalue weighted by molar-refractivity contribution is -0.384. The van der Waals surface area contributed by atoms with Crippen LogP contribution in [0.25, 0.3) is 0 Å². The van der Waals surface area contributed by atoms with Gasteiger partial charge in [-0.05, 0) is 33.8 Å². The van der Waals surface area contributed by atoms with Gasteiger partial charge in [0.25, 0.3) is 5.69 Å². The fourth-order valence-electron chi connectivity index (χ4n) is 3.85. The first kappa shape index (κ1) is 27.4. The van der Waals surface area contributed by atoms with Crippen LogP contribution in [0.15, 0.2) is 18.2 Å². The quantitative estimate of drug-likeness (QED) is 0.254. The number of non-ortho nitro benzene ring substituents is 1. The van der Waals surface area contributed by atoms with E-state index in [1.165, 1.54) is 0 Å². The Bertz CT molecular complexity index is 1080. The third kappa shape index (κ3) is 3.79. The highest BCUT2D eigenvalue weighted by Gasteiger charge is 2.79. The molecule has 0 bridgehead atoms. The number of aliphatic hydroxyl groups is 3. The fourth-order valence-corrected chi connectivity index (χ4v) is 4.07. The van der Waals surface area contributed by atoms with Crippen molar-refractivity contribution in [2.75, 3.05) is 0 Å². The van der Waals surface area contributed by atoms with Gasteiger partial charge in [-0.25, -0.2) is 0 Å². The van der Waals surface area contributed by atoms with E-state index in [2.05, 4.69) is 0 Å². The van der Waals surface area contributed by atoms with Crippen molar-refractivity contribution in [2.24, 2.45) is 5.73 Å². The van der Waals surface area contributed by atoms with Gasteiger partial charge in [0.2, 0.25) is 6.29 Å². The molecule has 14 heteroatoms. The lowest BCUT2D eigenvalue weighted by Crippen LogP contribution is -2.90. The van der Waals surface area contributed by atoms with E-state index in [1.54, 1.807) is 0 Å². The molecule has 1 aliphatic heterocycles. The van der Waals surface area contributed by atoms with Gasteiger partial charge in [-0.3, -0.25) is 29.3 Å². The molecule has 13 nitrogen and oxygen atoms in total. The normalized spacial score (nSPS) is 31.9. The number of benzene rings is 1. The molecule has 5 N–H and O–H groups in total. The van der Waals surface area contributed by atoms with Crippen molar-refractivity contribution < 1.29 is 48.9 Å². The number of halogens is 1. The summed E-state index contributed by atoms with van der Waals surface area (Å²) < 4.78 is 10.9.